The standard InChI is InChI=1S/C14H13N3O2S/c1-9(20)19-8-13(18)10(7-15)14-16-11-5-3-4-6-12(11)17(14)2/h3-6,18H,8H2,1-2H3/b13-10-. The Morgan fingerprint density at radius 3 is 2.80 bits per heavy atom. The van der Waals surface area contributed by atoms with Crippen LogP contribution in [0.1, 0.15) is 12.7 Å². The summed E-state index contributed by atoms with van der Waals surface area (Å²) in [5, 5.41) is 19.5. The molecule has 5 nitrogen and oxygen atoms in total. The van der Waals surface area contributed by atoms with Gasteiger partial charge in [0, 0.05) is 14.0 Å². The average molecular weight is 287 g/mol. The van der Waals surface area contributed by atoms with Crippen molar-refractivity contribution in [3.63, 3.8) is 0 Å². The number of thiocarbonyl (C=S) groups is 1. The van der Waals surface area contributed by atoms with Crippen molar-refractivity contribution in [1.82, 2.24) is 9.55 Å². The van der Waals surface area contributed by atoms with Crippen LogP contribution >= 0.6 is 12.2 Å². The molecule has 1 aromatic heterocycles. The molecule has 102 valence electrons. The van der Waals surface area contributed by atoms with Gasteiger partial charge in [-0.25, -0.2) is 4.98 Å². The Hall–Kier alpha value is -2.39. The minimum Gasteiger partial charge on any atom is -0.507 e. The number of para-hydroxylation sites is 2. The molecule has 0 amide bonds. The van der Waals surface area contributed by atoms with E-state index < -0.39 is 0 Å². The van der Waals surface area contributed by atoms with E-state index in [4.69, 9.17) is 17.0 Å². The lowest BCUT2D eigenvalue weighted by molar-refractivity contribution is 0.267. The van der Waals surface area contributed by atoms with E-state index in [0.717, 1.165) is 11.0 Å². The van der Waals surface area contributed by atoms with Crippen molar-refractivity contribution in [3.05, 3.63) is 35.8 Å². The van der Waals surface area contributed by atoms with Crippen molar-refractivity contribution in [2.45, 2.75) is 6.92 Å². The zero-order chi connectivity index (χ0) is 14.7. The van der Waals surface area contributed by atoms with Crippen LogP contribution < -0.4 is 0 Å². The number of nitrogens with zero attached hydrogens (tertiary/aromatic N) is 3. The van der Waals surface area contributed by atoms with Crippen LogP contribution in [0.3, 0.4) is 0 Å². The molecule has 0 aliphatic rings. The number of hydrogen-bond donors (Lipinski definition) is 1. The molecule has 2 aromatic rings. The summed E-state index contributed by atoms with van der Waals surface area (Å²) in [7, 11) is 1.79. The van der Waals surface area contributed by atoms with Crippen LogP contribution in [-0.2, 0) is 11.8 Å². The van der Waals surface area contributed by atoms with Gasteiger partial charge in [-0.15, -0.1) is 0 Å². The molecule has 0 aliphatic carbocycles. The van der Waals surface area contributed by atoms with Crippen LogP contribution in [0.2, 0.25) is 0 Å². The van der Waals surface area contributed by atoms with Gasteiger partial charge < -0.3 is 14.4 Å². The topological polar surface area (TPSA) is 71.1 Å². The van der Waals surface area contributed by atoms with Gasteiger partial charge >= 0.3 is 0 Å². The fraction of sp³-hybridized carbons (Fsp3) is 0.214. The van der Waals surface area contributed by atoms with Crippen LogP contribution in [-0.4, -0.2) is 26.3 Å². The predicted molar refractivity (Wildman–Crippen MR) is 80.1 cm³/mol. The summed E-state index contributed by atoms with van der Waals surface area (Å²) >= 11 is 4.77. The molecule has 1 heterocycles. The van der Waals surface area contributed by atoms with Crippen molar-refractivity contribution in [1.29, 1.82) is 5.26 Å². The number of rotatable bonds is 3. The molecule has 0 unspecified atom stereocenters. The van der Waals surface area contributed by atoms with Gasteiger partial charge in [-0.1, -0.05) is 12.1 Å². The summed E-state index contributed by atoms with van der Waals surface area (Å²) in [6, 6.07) is 9.47. The lowest BCUT2D eigenvalue weighted by atomic mass is 10.2. The van der Waals surface area contributed by atoms with Gasteiger partial charge in [-0.2, -0.15) is 5.26 Å². The van der Waals surface area contributed by atoms with Crippen molar-refractivity contribution in [2.24, 2.45) is 7.05 Å². The Bertz CT molecular complexity index is 740. The maximum Gasteiger partial charge on any atom is 0.157 e. The van der Waals surface area contributed by atoms with Gasteiger partial charge in [0.15, 0.2) is 16.6 Å². The fourth-order valence-corrected chi connectivity index (χ4v) is 1.91. The lowest BCUT2D eigenvalue weighted by Gasteiger charge is -2.06. The quantitative estimate of drug-likeness (QED) is 0.534. The van der Waals surface area contributed by atoms with Gasteiger partial charge in [-0.05, 0) is 24.4 Å². The minimum absolute atomic E-state index is 0.0833. The first kappa shape index (κ1) is 14.0. The number of aliphatic hydroxyl groups is 1. The summed E-state index contributed by atoms with van der Waals surface area (Å²) in [4.78, 5) is 4.37. The zero-order valence-electron chi connectivity index (χ0n) is 11.1. The molecule has 0 atom stereocenters. The second-order valence-corrected chi connectivity index (χ2v) is 4.77. The molecule has 0 spiro atoms. The highest BCUT2D eigenvalue weighted by atomic mass is 32.1. The van der Waals surface area contributed by atoms with Crippen LogP contribution in [0.5, 0.6) is 0 Å². The second kappa shape index (κ2) is 5.72. The van der Waals surface area contributed by atoms with E-state index in [1.165, 1.54) is 0 Å². The number of aryl methyl sites for hydroxylation is 1. The maximum absolute atomic E-state index is 9.98. The summed E-state index contributed by atoms with van der Waals surface area (Å²) in [6.45, 7) is 1.46. The highest BCUT2D eigenvalue weighted by molar-refractivity contribution is 7.80. The Kier molecular flexibility index (Phi) is 4.01. The number of ether oxygens (including phenoxy) is 1. The molecule has 6 heteroatoms. The van der Waals surface area contributed by atoms with E-state index in [1.807, 2.05) is 30.3 Å². The number of aromatic nitrogens is 2. The summed E-state index contributed by atoms with van der Waals surface area (Å²) in [5.74, 6) is 0.215. The third kappa shape index (κ3) is 2.63. The predicted octanol–water partition coefficient (Wildman–Crippen LogP) is 2.73. The molecule has 0 radical (unpaired) electrons. The van der Waals surface area contributed by atoms with E-state index >= 15 is 0 Å². The monoisotopic (exact) mass is 287 g/mol. The van der Waals surface area contributed by atoms with Gasteiger partial charge in [0.2, 0.25) is 0 Å². The molecular weight excluding hydrogens is 274 g/mol. The molecule has 1 N–H and O–H groups in total. The largest absolute Gasteiger partial charge is 0.507 e. The van der Waals surface area contributed by atoms with E-state index in [2.05, 4.69) is 4.98 Å². The normalized spacial score (nSPS) is 11.8. The van der Waals surface area contributed by atoms with E-state index in [0.29, 0.717) is 10.9 Å². The van der Waals surface area contributed by atoms with E-state index in [-0.39, 0.29) is 17.9 Å². The number of fused-ring (bicyclic) bond motifs is 1. The molecule has 1 aromatic carbocycles. The number of nitriles is 1. The lowest BCUT2D eigenvalue weighted by Crippen LogP contribution is -2.06. The molecule has 0 aliphatic heterocycles. The number of hydrogen-bond acceptors (Lipinski definition) is 5. The third-order valence-electron chi connectivity index (χ3n) is 2.82. The molecule has 0 saturated carbocycles. The number of imidazole rings is 1. The summed E-state index contributed by atoms with van der Waals surface area (Å²) in [6.07, 6.45) is 0. The Labute approximate surface area is 121 Å². The van der Waals surface area contributed by atoms with Crippen molar-refractivity contribution in [2.75, 3.05) is 6.61 Å². The molecule has 0 fully saturated rings. The summed E-state index contributed by atoms with van der Waals surface area (Å²) in [5.41, 5.74) is 1.73. The highest BCUT2D eigenvalue weighted by Crippen LogP contribution is 2.21. The zero-order valence-corrected chi connectivity index (χ0v) is 11.9. The van der Waals surface area contributed by atoms with Crippen LogP contribution in [0, 0.1) is 11.3 Å². The van der Waals surface area contributed by atoms with Crippen molar-refractivity contribution >= 4 is 33.9 Å². The first-order valence-electron chi connectivity index (χ1n) is 5.92. The number of aliphatic hydroxyl groups excluding tert-OH is 1. The SMILES string of the molecule is CC(=S)OC/C(O)=C(\C#N)c1nc2ccccc2n1C. The number of allylic oxidation sites excluding steroid dienone is 1. The van der Waals surface area contributed by atoms with Gasteiger partial charge in [0.25, 0.3) is 0 Å². The highest BCUT2D eigenvalue weighted by Gasteiger charge is 2.16. The van der Waals surface area contributed by atoms with E-state index in [9.17, 15) is 10.4 Å². The van der Waals surface area contributed by atoms with Crippen LogP contribution in [0.15, 0.2) is 30.0 Å². The second-order valence-electron chi connectivity index (χ2n) is 4.20. The Balaban J connectivity index is 2.49. The van der Waals surface area contributed by atoms with Crippen molar-refractivity contribution in [3.8, 4) is 6.07 Å². The third-order valence-corrected chi connectivity index (χ3v) is 2.94. The van der Waals surface area contributed by atoms with Crippen LogP contribution in [0.4, 0.5) is 0 Å². The number of benzene rings is 1. The van der Waals surface area contributed by atoms with Gasteiger partial charge in [0.1, 0.15) is 18.2 Å². The van der Waals surface area contributed by atoms with Gasteiger partial charge in [-0.3, -0.25) is 0 Å². The maximum atomic E-state index is 9.98. The minimum atomic E-state index is -0.185. The molecular formula is C14H13N3O2S. The molecule has 0 bridgehead atoms. The molecule has 20 heavy (non-hydrogen) atoms. The first-order chi connectivity index (χ1) is 9.54. The molecule has 0 saturated heterocycles. The first-order valence-corrected chi connectivity index (χ1v) is 6.32. The smallest absolute Gasteiger partial charge is 0.157 e. The van der Waals surface area contributed by atoms with Crippen molar-refractivity contribution < 1.29 is 9.84 Å². The fourth-order valence-electron chi connectivity index (χ4n) is 1.85. The Morgan fingerprint density at radius 1 is 1.50 bits per heavy atom. The Morgan fingerprint density at radius 2 is 2.20 bits per heavy atom. The summed E-state index contributed by atoms with van der Waals surface area (Å²) < 4.78 is 6.82. The van der Waals surface area contributed by atoms with E-state index in [1.54, 1.807) is 18.5 Å². The van der Waals surface area contributed by atoms with Gasteiger partial charge in [0.05, 0.1) is 11.0 Å². The molecule has 2 rings (SSSR count). The average Bonchev–Trinajstić information content (AvgIpc) is 2.75. The van der Waals surface area contributed by atoms with Crippen LogP contribution in [0.25, 0.3) is 16.6 Å².